The lowest BCUT2D eigenvalue weighted by Gasteiger charge is -2.08. The Morgan fingerprint density at radius 2 is 2.11 bits per heavy atom. The third-order valence-electron chi connectivity index (χ3n) is 4.15. The van der Waals surface area contributed by atoms with Crippen molar-refractivity contribution in [3.05, 3.63) is 62.4 Å². The van der Waals surface area contributed by atoms with E-state index < -0.39 is 10.8 Å². The van der Waals surface area contributed by atoms with Gasteiger partial charge in [-0.1, -0.05) is 30.4 Å². The van der Waals surface area contributed by atoms with E-state index in [1.165, 1.54) is 35.6 Å². The van der Waals surface area contributed by atoms with Crippen LogP contribution in [-0.2, 0) is 6.54 Å². The molecule has 0 aliphatic rings. The molecule has 2 aromatic carbocycles. The number of carbonyl (C=O) groups is 1. The van der Waals surface area contributed by atoms with Gasteiger partial charge in [0.25, 0.3) is 11.6 Å². The highest BCUT2D eigenvalue weighted by atomic mass is 32.1. The van der Waals surface area contributed by atoms with Gasteiger partial charge in [-0.05, 0) is 31.0 Å². The van der Waals surface area contributed by atoms with Gasteiger partial charge in [-0.3, -0.25) is 14.9 Å². The van der Waals surface area contributed by atoms with Crippen LogP contribution in [0.1, 0.15) is 29.3 Å². The largest absolute Gasteiger partial charge is 0.495 e. The predicted octanol–water partition coefficient (Wildman–Crippen LogP) is 4.08. The monoisotopic (exact) mass is 385 g/mol. The van der Waals surface area contributed by atoms with Crippen LogP contribution in [0.5, 0.6) is 5.75 Å². The number of rotatable bonds is 5. The maximum absolute atomic E-state index is 12.6. The van der Waals surface area contributed by atoms with Crippen LogP contribution in [-0.4, -0.2) is 22.5 Å². The molecule has 0 spiro atoms. The SMILES string of the molecule is CCCn1c(=NC(=O)c2cccc([N+](=O)[O-])c2)sc2c(C)ccc(OC)c21. The summed E-state index contributed by atoms with van der Waals surface area (Å²) < 4.78 is 8.48. The quantitative estimate of drug-likeness (QED) is 0.489. The number of nitro benzene ring substituents is 1. The van der Waals surface area contributed by atoms with Crippen LogP contribution in [0.15, 0.2) is 41.4 Å². The number of amides is 1. The maximum atomic E-state index is 12.6. The van der Waals surface area contributed by atoms with Gasteiger partial charge in [0.05, 0.1) is 16.7 Å². The summed E-state index contributed by atoms with van der Waals surface area (Å²) in [5.74, 6) is 0.219. The van der Waals surface area contributed by atoms with Crippen LogP contribution in [0.4, 0.5) is 5.69 Å². The van der Waals surface area contributed by atoms with Gasteiger partial charge in [0.2, 0.25) is 0 Å². The van der Waals surface area contributed by atoms with Crippen molar-refractivity contribution in [3.63, 3.8) is 0 Å². The molecule has 140 valence electrons. The van der Waals surface area contributed by atoms with Gasteiger partial charge < -0.3 is 9.30 Å². The van der Waals surface area contributed by atoms with Gasteiger partial charge in [0, 0.05) is 24.2 Å². The zero-order valence-corrected chi connectivity index (χ0v) is 16.1. The fourth-order valence-corrected chi connectivity index (χ4v) is 4.00. The van der Waals surface area contributed by atoms with Gasteiger partial charge in [0.1, 0.15) is 11.3 Å². The van der Waals surface area contributed by atoms with E-state index in [9.17, 15) is 14.9 Å². The molecule has 0 fully saturated rings. The molecule has 0 atom stereocenters. The van der Waals surface area contributed by atoms with Crippen molar-refractivity contribution in [2.24, 2.45) is 4.99 Å². The minimum atomic E-state index is -0.526. The lowest BCUT2D eigenvalue weighted by atomic mass is 10.2. The first-order valence-electron chi connectivity index (χ1n) is 8.46. The summed E-state index contributed by atoms with van der Waals surface area (Å²) in [5.41, 5.74) is 2.04. The van der Waals surface area contributed by atoms with E-state index in [1.54, 1.807) is 7.11 Å². The molecule has 0 unspecified atom stereocenters. The van der Waals surface area contributed by atoms with Crippen LogP contribution in [0.25, 0.3) is 10.2 Å². The molecule has 0 N–H and O–H groups in total. The minimum absolute atomic E-state index is 0.133. The highest BCUT2D eigenvalue weighted by Crippen LogP contribution is 2.30. The molecule has 0 bridgehead atoms. The summed E-state index contributed by atoms with van der Waals surface area (Å²) in [5, 5.41) is 10.9. The predicted molar refractivity (Wildman–Crippen MR) is 104 cm³/mol. The highest BCUT2D eigenvalue weighted by molar-refractivity contribution is 7.16. The third-order valence-corrected chi connectivity index (χ3v) is 5.37. The average molecular weight is 385 g/mol. The zero-order valence-electron chi connectivity index (χ0n) is 15.3. The second-order valence-electron chi connectivity index (χ2n) is 6.02. The number of ether oxygens (including phenoxy) is 1. The summed E-state index contributed by atoms with van der Waals surface area (Å²) in [7, 11) is 1.61. The second-order valence-corrected chi connectivity index (χ2v) is 7.00. The lowest BCUT2D eigenvalue weighted by molar-refractivity contribution is -0.384. The Labute approximate surface area is 159 Å². The molecule has 0 aliphatic carbocycles. The van der Waals surface area contributed by atoms with E-state index in [-0.39, 0.29) is 11.3 Å². The molecule has 0 saturated carbocycles. The van der Waals surface area contributed by atoms with Gasteiger partial charge in [0.15, 0.2) is 4.80 Å². The number of carbonyl (C=O) groups excluding carboxylic acids is 1. The van der Waals surface area contributed by atoms with E-state index in [1.807, 2.05) is 30.5 Å². The number of non-ortho nitro benzene ring substituents is 1. The van der Waals surface area contributed by atoms with Crippen molar-refractivity contribution in [2.75, 3.05) is 7.11 Å². The highest BCUT2D eigenvalue weighted by Gasteiger charge is 2.15. The Balaban J connectivity index is 2.19. The molecule has 3 aromatic rings. The average Bonchev–Trinajstić information content (AvgIpc) is 3.02. The number of nitrogens with zero attached hydrogens (tertiary/aromatic N) is 3. The standard InChI is InChI=1S/C19H19N3O4S/c1-4-10-21-16-15(26-3)9-8-12(2)17(16)27-19(21)20-18(23)13-6-5-7-14(11-13)22(24)25/h5-9,11H,4,10H2,1-3H3. The Bertz CT molecular complexity index is 1100. The van der Waals surface area contributed by atoms with Gasteiger partial charge in [-0.15, -0.1) is 0 Å². The summed E-state index contributed by atoms with van der Waals surface area (Å²) in [6, 6.07) is 9.49. The number of nitro groups is 1. The molecule has 7 nitrogen and oxygen atoms in total. The summed E-state index contributed by atoms with van der Waals surface area (Å²) >= 11 is 1.42. The molecule has 0 radical (unpaired) electrons. The van der Waals surface area contributed by atoms with Crippen LogP contribution >= 0.6 is 11.3 Å². The fraction of sp³-hybridized carbons (Fsp3) is 0.263. The van der Waals surface area contributed by atoms with Crippen molar-refractivity contribution in [2.45, 2.75) is 26.8 Å². The van der Waals surface area contributed by atoms with E-state index >= 15 is 0 Å². The van der Waals surface area contributed by atoms with Crippen LogP contribution in [0, 0.1) is 17.0 Å². The molecule has 1 amide bonds. The Kier molecular flexibility index (Phi) is 5.36. The van der Waals surface area contributed by atoms with Crippen molar-refractivity contribution < 1.29 is 14.5 Å². The normalized spacial score (nSPS) is 11.7. The molecule has 3 rings (SSSR count). The van der Waals surface area contributed by atoms with Crippen LogP contribution in [0.3, 0.4) is 0 Å². The van der Waals surface area contributed by atoms with E-state index in [4.69, 9.17) is 4.74 Å². The van der Waals surface area contributed by atoms with Crippen molar-refractivity contribution in [1.82, 2.24) is 4.57 Å². The Hall–Kier alpha value is -3.00. The number of hydrogen-bond acceptors (Lipinski definition) is 5. The van der Waals surface area contributed by atoms with E-state index in [0.717, 1.165) is 28.0 Å². The number of aryl methyl sites for hydroxylation is 2. The molecule has 1 aromatic heterocycles. The second kappa shape index (κ2) is 7.71. The van der Waals surface area contributed by atoms with Gasteiger partial charge in [-0.2, -0.15) is 4.99 Å². The number of fused-ring (bicyclic) bond motifs is 1. The first kappa shape index (κ1) is 18.8. The molecule has 0 aliphatic heterocycles. The number of aromatic nitrogens is 1. The van der Waals surface area contributed by atoms with Crippen molar-refractivity contribution in [3.8, 4) is 5.75 Å². The molecule has 8 heteroatoms. The van der Waals surface area contributed by atoms with E-state index in [2.05, 4.69) is 4.99 Å². The van der Waals surface area contributed by atoms with E-state index in [0.29, 0.717) is 11.3 Å². The van der Waals surface area contributed by atoms with Crippen LogP contribution in [0.2, 0.25) is 0 Å². The minimum Gasteiger partial charge on any atom is -0.495 e. The number of methoxy groups -OCH3 is 1. The maximum Gasteiger partial charge on any atom is 0.279 e. The zero-order chi connectivity index (χ0) is 19.6. The van der Waals surface area contributed by atoms with Crippen LogP contribution < -0.4 is 9.54 Å². The molecule has 0 saturated heterocycles. The van der Waals surface area contributed by atoms with Gasteiger partial charge in [-0.25, -0.2) is 0 Å². The summed E-state index contributed by atoms with van der Waals surface area (Å²) in [6.45, 7) is 4.73. The molecule has 27 heavy (non-hydrogen) atoms. The first-order chi connectivity index (χ1) is 13.0. The number of hydrogen-bond donors (Lipinski definition) is 0. The number of thiazole rings is 1. The molecule has 1 heterocycles. The van der Waals surface area contributed by atoms with Crippen molar-refractivity contribution in [1.29, 1.82) is 0 Å². The fourth-order valence-electron chi connectivity index (χ4n) is 2.86. The smallest absolute Gasteiger partial charge is 0.279 e. The first-order valence-corrected chi connectivity index (χ1v) is 9.28. The lowest BCUT2D eigenvalue weighted by Crippen LogP contribution is -2.17. The Morgan fingerprint density at radius 1 is 1.33 bits per heavy atom. The Morgan fingerprint density at radius 3 is 2.78 bits per heavy atom. The third kappa shape index (κ3) is 3.61. The topological polar surface area (TPSA) is 86.7 Å². The molecular weight excluding hydrogens is 366 g/mol. The summed E-state index contributed by atoms with van der Waals surface area (Å²) in [4.78, 5) is 27.9. The van der Waals surface area contributed by atoms with Crippen molar-refractivity contribution >= 4 is 33.1 Å². The summed E-state index contributed by atoms with van der Waals surface area (Å²) in [6.07, 6.45) is 0.862. The number of benzene rings is 2. The van der Waals surface area contributed by atoms with Gasteiger partial charge >= 0.3 is 0 Å². The molecular formula is C19H19N3O4S.